The van der Waals surface area contributed by atoms with Crippen LogP contribution in [-0.4, -0.2) is 54.1 Å². The molecule has 0 aromatic heterocycles. The smallest absolute Gasteiger partial charge is 0.233 e. The van der Waals surface area contributed by atoms with Crippen molar-refractivity contribution in [2.24, 2.45) is 27.6 Å². The van der Waals surface area contributed by atoms with E-state index in [1.807, 2.05) is 0 Å². The van der Waals surface area contributed by atoms with E-state index in [1.54, 1.807) is 0 Å². The van der Waals surface area contributed by atoms with Gasteiger partial charge in [0.2, 0.25) is 11.8 Å². The van der Waals surface area contributed by atoms with Crippen LogP contribution in [0.3, 0.4) is 0 Å². The van der Waals surface area contributed by atoms with Crippen molar-refractivity contribution in [1.82, 2.24) is 9.80 Å². The molecule has 208 valence electrons. The summed E-state index contributed by atoms with van der Waals surface area (Å²) in [6.45, 7) is 30.5. The zero-order valence-electron chi connectivity index (χ0n) is 25.3. The second kappa shape index (κ2) is 11.7. The number of ether oxygens (including phenoxy) is 1. The Balaban J connectivity index is 1.95. The highest BCUT2D eigenvalue weighted by molar-refractivity contribution is 6.03. The van der Waals surface area contributed by atoms with E-state index in [2.05, 4.69) is 80.7 Å². The number of carbonyl (C=O) groups is 2. The van der Waals surface area contributed by atoms with Crippen molar-refractivity contribution in [1.29, 1.82) is 0 Å². The third-order valence-electron chi connectivity index (χ3n) is 10.5. The summed E-state index contributed by atoms with van der Waals surface area (Å²) in [7, 11) is 0. The third-order valence-corrected chi connectivity index (χ3v) is 10.5. The van der Waals surface area contributed by atoms with Crippen molar-refractivity contribution in [2.75, 3.05) is 26.2 Å². The van der Waals surface area contributed by atoms with Crippen LogP contribution in [0.25, 0.3) is 0 Å². The summed E-state index contributed by atoms with van der Waals surface area (Å²) in [6.07, 6.45) is 6.47. The fourth-order valence-electron chi connectivity index (χ4n) is 6.07. The van der Waals surface area contributed by atoms with Crippen LogP contribution in [0.5, 0.6) is 0 Å². The van der Waals surface area contributed by atoms with Crippen LogP contribution in [0.4, 0.5) is 0 Å². The predicted molar refractivity (Wildman–Crippen MR) is 149 cm³/mol. The molecule has 2 fully saturated rings. The Morgan fingerprint density at radius 3 is 2.19 bits per heavy atom. The Morgan fingerprint density at radius 2 is 1.61 bits per heavy atom. The molecule has 0 N–H and O–H groups in total. The van der Waals surface area contributed by atoms with Gasteiger partial charge in [0.25, 0.3) is 0 Å². The van der Waals surface area contributed by atoms with Crippen molar-refractivity contribution in [2.45, 2.75) is 120 Å². The lowest BCUT2D eigenvalue weighted by Gasteiger charge is -2.58. The second-order valence-electron chi connectivity index (χ2n) is 14.2. The fraction of sp³-hybridized carbons (Fsp3) is 0.871. The van der Waals surface area contributed by atoms with Crippen molar-refractivity contribution >= 4 is 11.8 Å². The van der Waals surface area contributed by atoms with Gasteiger partial charge in [-0.05, 0) is 47.3 Å². The molecule has 2 aliphatic rings. The lowest BCUT2D eigenvalue weighted by molar-refractivity contribution is -0.139. The molecule has 0 radical (unpaired) electrons. The van der Waals surface area contributed by atoms with E-state index >= 15 is 0 Å². The minimum absolute atomic E-state index is 0.00521. The summed E-state index contributed by atoms with van der Waals surface area (Å²) in [5.41, 5.74) is 1.35. The number of hydrogen-bond donors (Lipinski definition) is 0. The highest BCUT2D eigenvalue weighted by Crippen LogP contribution is 2.60. The van der Waals surface area contributed by atoms with Crippen LogP contribution in [0.1, 0.15) is 114 Å². The summed E-state index contributed by atoms with van der Waals surface area (Å²) in [5.74, 6) is -0.320. The molecule has 2 unspecified atom stereocenters. The predicted octanol–water partition coefficient (Wildman–Crippen LogP) is 7.06. The number of imide groups is 1. The number of rotatable bonds is 13. The van der Waals surface area contributed by atoms with Gasteiger partial charge < -0.3 is 4.74 Å². The van der Waals surface area contributed by atoms with Crippen molar-refractivity contribution in [3.63, 3.8) is 0 Å². The second-order valence-corrected chi connectivity index (χ2v) is 14.2. The molecule has 0 saturated carbocycles. The average Bonchev–Trinajstić information content (AvgIpc) is 3.29. The summed E-state index contributed by atoms with van der Waals surface area (Å²) < 4.78 is 5.90. The van der Waals surface area contributed by atoms with Crippen LogP contribution in [0, 0.1) is 27.6 Å². The quantitative estimate of drug-likeness (QED) is 0.153. The molecule has 2 aliphatic heterocycles. The lowest BCUT2D eigenvalue weighted by atomic mass is 9.47. The van der Waals surface area contributed by atoms with Crippen LogP contribution in [-0.2, 0) is 14.3 Å². The van der Waals surface area contributed by atoms with E-state index in [-0.39, 0.29) is 45.6 Å². The first-order valence-corrected chi connectivity index (χ1v) is 14.3. The number of carbonyl (C=O) groups excluding carboxylic acids is 2. The van der Waals surface area contributed by atoms with Gasteiger partial charge in [-0.1, -0.05) is 94.2 Å². The van der Waals surface area contributed by atoms with E-state index < -0.39 is 0 Å². The molecule has 36 heavy (non-hydrogen) atoms. The lowest BCUT2D eigenvalue weighted by Crippen LogP contribution is -2.51. The van der Waals surface area contributed by atoms with Gasteiger partial charge in [0.05, 0.1) is 12.5 Å². The van der Waals surface area contributed by atoms with Crippen LogP contribution < -0.4 is 0 Å². The van der Waals surface area contributed by atoms with E-state index in [1.165, 1.54) is 17.7 Å². The van der Waals surface area contributed by atoms with E-state index in [4.69, 9.17) is 4.74 Å². The Labute approximate surface area is 222 Å². The molecule has 0 aromatic carbocycles. The fourth-order valence-corrected chi connectivity index (χ4v) is 6.07. The van der Waals surface area contributed by atoms with Crippen LogP contribution >= 0.6 is 0 Å². The molecule has 2 saturated heterocycles. The summed E-state index contributed by atoms with van der Waals surface area (Å²) in [4.78, 5) is 29.8. The maximum atomic E-state index is 13.2. The number of likely N-dealkylation sites (tertiary alicyclic amines) is 1. The van der Waals surface area contributed by atoms with Gasteiger partial charge in [-0.2, -0.15) is 0 Å². The Kier molecular flexibility index (Phi) is 10.1. The van der Waals surface area contributed by atoms with E-state index in [0.717, 1.165) is 38.0 Å². The minimum Gasteiger partial charge on any atom is -0.362 e. The van der Waals surface area contributed by atoms with Crippen molar-refractivity contribution in [3.8, 4) is 0 Å². The summed E-state index contributed by atoms with van der Waals surface area (Å²) >= 11 is 0. The largest absolute Gasteiger partial charge is 0.362 e. The maximum Gasteiger partial charge on any atom is 0.233 e. The van der Waals surface area contributed by atoms with Crippen molar-refractivity contribution < 1.29 is 14.3 Å². The molecule has 2 rings (SSSR count). The maximum absolute atomic E-state index is 13.2. The van der Waals surface area contributed by atoms with Gasteiger partial charge in [-0.3, -0.25) is 19.4 Å². The highest BCUT2D eigenvalue weighted by atomic mass is 16.5. The van der Waals surface area contributed by atoms with Crippen molar-refractivity contribution in [3.05, 3.63) is 12.2 Å². The zero-order valence-corrected chi connectivity index (χ0v) is 25.3. The van der Waals surface area contributed by atoms with Crippen LogP contribution in [0.2, 0.25) is 0 Å². The Morgan fingerprint density at radius 1 is 0.972 bits per heavy atom. The molecular weight excluding hydrogens is 448 g/mol. The number of hydrogen-bond acceptors (Lipinski definition) is 4. The average molecular weight is 505 g/mol. The number of unbranched alkanes of at least 4 members (excludes halogenated alkanes) is 2. The summed E-state index contributed by atoms with van der Waals surface area (Å²) in [6, 6.07) is 0. The highest BCUT2D eigenvalue weighted by Gasteiger charge is 2.53. The van der Waals surface area contributed by atoms with Crippen LogP contribution in [0.15, 0.2) is 12.2 Å². The van der Waals surface area contributed by atoms with Gasteiger partial charge in [-0.25, -0.2) is 0 Å². The first-order chi connectivity index (χ1) is 16.5. The van der Waals surface area contributed by atoms with E-state index in [0.29, 0.717) is 25.9 Å². The van der Waals surface area contributed by atoms with Gasteiger partial charge in [-0.15, -0.1) is 0 Å². The van der Waals surface area contributed by atoms with Gasteiger partial charge in [0.1, 0.15) is 6.23 Å². The van der Waals surface area contributed by atoms with E-state index in [9.17, 15) is 9.59 Å². The van der Waals surface area contributed by atoms with Gasteiger partial charge in [0, 0.05) is 26.1 Å². The molecule has 0 aliphatic carbocycles. The standard InChI is InChI=1S/C31H56N2O3/c1-12-13-14-15-26-32(18-19-36-26)16-17-33-25(34)21-24(27(33)35)20-23(2)22-29(6,7)31(10,11)30(8,9)28(3,4)5/h24,26H,2,12-22H2,1,3-11H3. The third kappa shape index (κ3) is 6.62. The first-order valence-electron chi connectivity index (χ1n) is 14.3. The molecule has 5 heteroatoms. The van der Waals surface area contributed by atoms with Gasteiger partial charge >= 0.3 is 0 Å². The van der Waals surface area contributed by atoms with Gasteiger partial charge in [0.15, 0.2) is 0 Å². The molecule has 0 bridgehead atoms. The Hall–Kier alpha value is -1.20. The first kappa shape index (κ1) is 31.0. The Bertz CT molecular complexity index is 790. The summed E-state index contributed by atoms with van der Waals surface area (Å²) in [5, 5.41) is 0. The molecule has 5 nitrogen and oxygen atoms in total. The molecule has 2 amide bonds. The number of nitrogens with zero attached hydrogens (tertiary/aromatic N) is 2. The molecule has 2 atom stereocenters. The minimum atomic E-state index is -0.269. The SMILES string of the molecule is C=C(CC1CC(=O)N(CCN2CCOC2CCCCC)C1=O)CC(C)(C)C(C)(C)C(C)(C)C(C)(C)C. The molecular formula is C31H56N2O3. The monoisotopic (exact) mass is 504 g/mol. The zero-order chi connectivity index (χ0) is 27.5. The molecule has 2 heterocycles. The molecule has 0 aromatic rings. The normalized spacial score (nSPS) is 22.7. The topological polar surface area (TPSA) is 49.9 Å². The number of allylic oxidation sites excluding steroid dienone is 1. The molecule has 0 spiro atoms. The number of amides is 2.